The van der Waals surface area contributed by atoms with Crippen LogP contribution in [0.15, 0.2) is 30.3 Å². The van der Waals surface area contributed by atoms with Gasteiger partial charge in [-0.15, -0.1) is 0 Å². The molecular formula is C15H19NO2S. The lowest BCUT2D eigenvalue weighted by molar-refractivity contribution is -0.150. The smallest absolute Gasteiger partial charge is 0.318 e. The predicted molar refractivity (Wildman–Crippen MR) is 79.0 cm³/mol. The van der Waals surface area contributed by atoms with Crippen LogP contribution in [0, 0.1) is 5.41 Å². The van der Waals surface area contributed by atoms with Gasteiger partial charge in [-0.25, -0.2) is 0 Å². The van der Waals surface area contributed by atoms with E-state index in [1.54, 1.807) is 0 Å². The van der Waals surface area contributed by atoms with Crippen LogP contribution in [0.25, 0.3) is 0 Å². The van der Waals surface area contributed by atoms with Gasteiger partial charge < -0.3 is 10.1 Å². The molecule has 0 bridgehead atoms. The predicted octanol–water partition coefficient (Wildman–Crippen LogP) is 2.49. The van der Waals surface area contributed by atoms with Gasteiger partial charge in [0.15, 0.2) is 0 Å². The van der Waals surface area contributed by atoms with Crippen LogP contribution in [0.3, 0.4) is 0 Å². The van der Waals surface area contributed by atoms with Crippen LogP contribution in [0.5, 0.6) is 0 Å². The lowest BCUT2D eigenvalue weighted by Gasteiger charge is -2.20. The lowest BCUT2D eigenvalue weighted by Crippen LogP contribution is -2.36. The Morgan fingerprint density at radius 2 is 2.16 bits per heavy atom. The molecule has 102 valence electrons. The second-order valence-electron chi connectivity index (χ2n) is 5.12. The van der Waals surface area contributed by atoms with E-state index in [0.29, 0.717) is 18.0 Å². The van der Waals surface area contributed by atoms with E-state index < -0.39 is 5.41 Å². The molecule has 1 saturated heterocycles. The topological polar surface area (TPSA) is 38.3 Å². The number of ether oxygens (including phenoxy) is 1. The first-order valence-electron chi connectivity index (χ1n) is 6.58. The van der Waals surface area contributed by atoms with E-state index in [2.05, 4.69) is 17.4 Å². The minimum atomic E-state index is -0.676. The fourth-order valence-electron chi connectivity index (χ4n) is 2.47. The molecule has 1 aromatic carbocycles. The van der Waals surface area contributed by atoms with Gasteiger partial charge in [-0.3, -0.25) is 4.79 Å². The van der Waals surface area contributed by atoms with E-state index in [4.69, 9.17) is 17.0 Å². The number of hydrogen-bond acceptors (Lipinski definition) is 3. The third kappa shape index (κ3) is 2.95. The SMILES string of the molecule is CCOC(=O)[C@]1(C)C[C@H](Cc2ccccc2)NC1=S. The molecule has 0 unspecified atom stereocenters. The number of thiocarbonyl (C=S) groups is 1. The summed E-state index contributed by atoms with van der Waals surface area (Å²) in [4.78, 5) is 12.6. The van der Waals surface area contributed by atoms with Crippen LogP contribution in [-0.2, 0) is 16.0 Å². The van der Waals surface area contributed by atoms with Crippen molar-refractivity contribution in [2.45, 2.75) is 32.7 Å². The number of nitrogens with one attached hydrogen (secondary N) is 1. The molecule has 1 aliphatic heterocycles. The maximum Gasteiger partial charge on any atom is 0.318 e. The molecule has 2 rings (SSSR count). The highest BCUT2D eigenvalue weighted by atomic mass is 32.1. The summed E-state index contributed by atoms with van der Waals surface area (Å²) in [5.41, 5.74) is 0.570. The Morgan fingerprint density at radius 3 is 2.79 bits per heavy atom. The average Bonchev–Trinajstić information content (AvgIpc) is 2.67. The second-order valence-corrected chi connectivity index (χ2v) is 5.53. The van der Waals surface area contributed by atoms with Crippen molar-refractivity contribution in [2.75, 3.05) is 6.61 Å². The molecule has 1 heterocycles. The van der Waals surface area contributed by atoms with Gasteiger partial charge in [0.2, 0.25) is 0 Å². The van der Waals surface area contributed by atoms with E-state index >= 15 is 0 Å². The minimum Gasteiger partial charge on any atom is -0.465 e. The molecule has 0 radical (unpaired) electrons. The van der Waals surface area contributed by atoms with Gasteiger partial charge in [0.25, 0.3) is 0 Å². The normalized spacial score (nSPS) is 26.0. The zero-order valence-electron chi connectivity index (χ0n) is 11.3. The molecule has 1 fully saturated rings. The van der Waals surface area contributed by atoms with Crippen LogP contribution in [0.2, 0.25) is 0 Å². The average molecular weight is 277 g/mol. The fourth-order valence-corrected chi connectivity index (χ4v) is 2.80. The van der Waals surface area contributed by atoms with E-state index in [1.807, 2.05) is 32.0 Å². The molecule has 19 heavy (non-hydrogen) atoms. The largest absolute Gasteiger partial charge is 0.465 e. The second kappa shape index (κ2) is 5.70. The van der Waals surface area contributed by atoms with Gasteiger partial charge >= 0.3 is 5.97 Å². The highest BCUT2D eigenvalue weighted by Crippen LogP contribution is 2.33. The molecular weight excluding hydrogens is 258 g/mol. The van der Waals surface area contributed by atoms with Crippen molar-refractivity contribution in [3.63, 3.8) is 0 Å². The zero-order valence-corrected chi connectivity index (χ0v) is 12.1. The molecule has 0 aromatic heterocycles. The standard InChI is InChI=1S/C15H19NO2S/c1-3-18-14(17)15(2)10-12(16-13(15)19)9-11-7-5-4-6-8-11/h4-8,12H,3,9-10H2,1-2H3,(H,16,19)/t12-,15+/m0/s1. The Hall–Kier alpha value is -1.42. The van der Waals surface area contributed by atoms with Crippen LogP contribution in [0.4, 0.5) is 0 Å². The number of benzene rings is 1. The van der Waals surface area contributed by atoms with Crippen molar-refractivity contribution in [3.05, 3.63) is 35.9 Å². The first-order chi connectivity index (χ1) is 9.06. The van der Waals surface area contributed by atoms with E-state index in [0.717, 1.165) is 6.42 Å². The van der Waals surface area contributed by atoms with Crippen LogP contribution < -0.4 is 5.32 Å². The number of carbonyl (C=O) groups is 1. The summed E-state index contributed by atoms with van der Waals surface area (Å²) in [7, 11) is 0. The summed E-state index contributed by atoms with van der Waals surface area (Å²) in [6.45, 7) is 4.07. The Bertz CT molecular complexity index is 474. The summed E-state index contributed by atoms with van der Waals surface area (Å²) >= 11 is 5.33. The summed E-state index contributed by atoms with van der Waals surface area (Å²) < 4.78 is 5.13. The van der Waals surface area contributed by atoms with Gasteiger partial charge in [-0.05, 0) is 32.3 Å². The molecule has 0 spiro atoms. The van der Waals surface area contributed by atoms with Gasteiger partial charge in [0.05, 0.1) is 11.6 Å². The highest BCUT2D eigenvalue weighted by molar-refractivity contribution is 7.80. The van der Waals surface area contributed by atoms with Crippen LogP contribution in [-0.4, -0.2) is 23.6 Å². The molecule has 4 heteroatoms. The van der Waals surface area contributed by atoms with E-state index in [1.165, 1.54) is 5.56 Å². The van der Waals surface area contributed by atoms with Gasteiger partial charge in [-0.1, -0.05) is 42.5 Å². The van der Waals surface area contributed by atoms with E-state index in [-0.39, 0.29) is 12.0 Å². The molecule has 0 amide bonds. The van der Waals surface area contributed by atoms with Crippen molar-refractivity contribution in [3.8, 4) is 0 Å². The fraction of sp³-hybridized carbons (Fsp3) is 0.467. The van der Waals surface area contributed by atoms with Gasteiger partial charge in [0, 0.05) is 6.04 Å². The maximum atomic E-state index is 12.0. The van der Waals surface area contributed by atoms with Crippen molar-refractivity contribution in [2.24, 2.45) is 5.41 Å². The van der Waals surface area contributed by atoms with Gasteiger partial charge in [0.1, 0.15) is 5.41 Å². The number of hydrogen-bond donors (Lipinski definition) is 1. The molecule has 2 atom stereocenters. The summed E-state index contributed by atoms with van der Waals surface area (Å²) in [5, 5.41) is 3.26. The molecule has 1 N–H and O–H groups in total. The van der Waals surface area contributed by atoms with Crippen molar-refractivity contribution in [1.29, 1.82) is 0 Å². The third-order valence-electron chi connectivity index (χ3n) is 3.54. The summed E-state index contributed by atoms with van der Waals surface area (Å²) in [5.74, 6) is -0.219. The Morgan fingerprint density at radius 1 is 1.47 bits per heavy atom. The van der Waals surface area contributed by atoms with E-state index in [9.17, 15) is 4.79 Å². The number of esters is 1. The first-order valence-corrected chi connectivity index (χ1v) is 6.99. The molecule has 0 aliphatic carbocycles. The summed E-state index contributed by atoms with van der Waals surface area (Å²) in [6.07, 6.45) is 1.57. The van der Waals surface area contributed by atoms with Crippen molar-refractivity contribution >= 4 is 23.2 Å². The van der Waals surface area contributed by atoms with Crippen LogP contribution >= 0.6 is 12.2 Å². The Labute approximate surface area is 119 Å². The Kier molecular flexibility index (Phi) is 4.20. The number of carbonyl (C=O) groups excluding carboxylic acids is 1. The zero-order chi connectivity index (χ0) is 13.9. The van der Waals surface area contributed by atoms with Gasteiger partial charge in [-0.2, -0.15) is 0 Å². The molecule has 3 nitrogen and oxygen atoms in total. The van der Waals surface area contributed by atoms with Crippen molar-refractivity contribution in [1.82, 2.24) is 5.32 Å². The number of rotatable bonds is 4. The first kappa shape index (κ1) is 14.0. The van der Waals surface area contributed by atoms with Crippen LogP contribution in [0.1, 0.15) is 25.8 Å². The third-order valence-corrected chi connectivity index (χ3v) is 4.11. The highest BCUT2D eigenvalue weighted by Gasteiger charge is 2.46. The minimum absolute atomic E-state index is 0.198. The monoisotopic (exact) mass is 277 g/mol. The lowest BCUT2D eigenvalue weighted by atomic mass is 9.86. The van der Waals surface area contributed by atoms with Crippen molar-refractivity contribution < 1.29 is 9.53 Å². The maximum absolute atomic E-state index is 12.0. The quantitative estimate of drug-likeness (QED) is 0.678. The molecule has 0 saturated carbocycles. The molecule has 1 aliphatic rings. The molecule has 1 aromatic rings. The Balaban J connectivity index is 2.05. The summed E-state index contributed by atoms with van der Waals surface area (Å²) in [6, 6.07) is 10.4.